The van der Waals surface area contributed by atoms with E-state index in [4.69, 9.17) is 0 Å². The number of piperazine rings is 1. The summed E-state index contributed by atoms with van der Waals surface area (Å²) in [6, 6.07) is 7.96. The number of hydrogen-bond donors (Lipinski definition) is 1. The van der Waals surface area contributed by atoms with Crippen molar-refractivity contribution in [2.24, 2.45) is 0 Å². The zero-order chi connectivity index (χ0) is 19.7. The van der Waals surface area contributed by atoms with Crippen molar-refractivity contribution < 1.29 is 0 Å². The predicted molar refractivity (Wildman–Crippen MR) is 110 cm³/mol. The van der Waals surface area contributed by atoms with E-state index < -0.39 is 0 Å². The Morgan fingerprint density at radius 1 is 1.14 bits per heavy atom. The number of nitrogens with zero attached hydrogens (tertiary/aromatic N) is 5. The molecule has 1 fully saturated rings. The second-order valence-electron chi connectivity index (χ2n) is 7.76. The number of aromatic amines is 1. The van der Waals surface area contributed by atoms with E-state index in [1.165, 1.54) is 5.69 Å². The van der Waals surface area contributed by atoms with Gasteiger partial charge >= 0.3 is 0 Å². The van der Waals surface area contributed by atoms with Crippen molar-refractivity contribution >= 4 is 10.9 Å². The minimum absolute atomic E-state index is 0.0566. The molecule has 3 aromatic rings. The summed E-state index contributed by atoms with van der Waals surface area (Å²) in [7, 11) is 0. The van der Waals surface area contributed by atoms with Gasteiger partial charge in [-0.05, 0) is 32.9 Å². The number of para-hydroxylation sites is 1. The number of nitrogens with one attached hydrogen (secondary N) is 1. The summed E-state index contributed by atoms with van der Waals surface area (Å²) in [5.74, 6) is 0.745. The van der Waals surface area contributed by atoms with Crippen molar-refractivity contribution in [2.75, 3.05) is 26.2 Å². The number of aromatic nitrogens is 4. The molecule has 0 aliphatic carbocycles. The highest BCUT2D eigenvalue weighted by molar-refractivity contribution is 5.77. The Balaban J connectivity index is 1.35. The second-order valence-corrected chi connectivity index (χ2v) is 7.76. The van der Waals surface area contributed by atoms with Crippen LogP contribution in [0.5, 0.6) is 0 Å². The first-order valence-corrected chi connectivity index (χ1v) is 9.94. The molecule has 0 saturated carbocycles. The summed E-state index contributed by atoms with van der Waals surface area (Å²) in [5, 5.41) is 0.648. The third-order valence-electron chi connectivity index (χ3n) is 5.87. The summed E-state index contributed by atoms with van der Waals surface area (Å²) in [4.78, 5) is 29.1. The molecule has 1 aromatic carbocycles. The maximum Gasteiger partial charge on any atom is 0.258 e. The summed E-state index contributed by atoms with van der Waals surface area (Å²) < 4.78 is 2.25. The fraction of sp³-hybridized carbons (Fsp3) is 0.476. The van der Waals surface area contributed by atoms with Crippen molar-refractivity contribution in [1.29, 1.82) is 0 Å². The van der Waals surface area contributed by atoms with E-state index in [-0.39, 0.29) is 5.56 Å². The highest BCUT2D eigenvalue weighted by Gasteiger charge is 2.22. The molecule has 7 nitrogen and oxygen atoms in total. The van der Waals surface area contributed by atoms with Gasteiger partial charge in [-0.3, -0.25) is 14.6 Å². The van der Waals surface area contributed by atoms with Gasteiger partial charge in [0.2, 0.25) is 0 Å². The molecule has 1 atom stereocenters. The van der Waals surface area contributed by atoms with Crippen LogP contribution in [-0.4, -0.2) is 61.5 Å². The van der Waals surface area contributed by atoms with Crippen LogP contribution in [0.3, 0.4) is 0 Å². The zero-order valence-electron chi connectivity index (χ0n) is 16.9. The lowest BCUT2D eigenvalue weighted by molar-refractivity contribution is 0.0895. The van der Waals surface area contributed by atoms with Crippen LogP contribution in [-0.2, 0) is 13.1 Å². The first-order valence-electron chi connectivity index (χ1n) is 9.94. The number of imidazole rings is 1. The van der Waals surface area contributed by atoms with Crippen molar-refractivity contribution in [2.45, 2.75) is 39.9 Å². The van der Waals surface area contributed by atoms with Crippen molar-refractivity contribution in [1.82, 2.24) is 29.3 Å². The number of rotatable bonds is 5. The highest BCUT2D eigenvalue weighted by Crippen LogP contribution is 2.13. The first-order chi connectivity index (χ1) is 13.5. The lowest BCUT2D eigenvalue weighted by Crippen LogP contribution is -2.50. The molecule has 28 heavy (non-hydrogen) atoms. The summed E-state index contributed by atoms with van der Waals surface area (Å²) in [6.07, 6.45) is 1.94. The normalized spacial score (nSPS) is 17.2. The second kappa shape index (κ2) is 7.85. The standard InChI is InChI=1S/C21H28N6O/c1-15(12-27-14-22-16(2)17(27)3)26-10-8-25(9-11-26)13-20-23-19-7-5-4-6-18(19)21(28)24-20/h4-7,14-15H,8-13H2,1-3H3,(H,23,24,28)/t15-/m0/s1. The van der Waals surface area contributed by atoms with Gasteiger partial charge in [-0.15, -0.1) is 0 Å². The van der Waals surface area contributed by atoms with Crippen molar-refractivity contribution in [3.05, 3.63) is 58.2 Å². The lowest BCUT2D eigenvalue weighted by atomic mass is 10.2. The zero-order valence-corrected chi connectivity index (χ0v) is 16.9. The van der Waals surface area contributed by atoms with Gasteiger partial charge in [0, 0.05) is 44.5 Å². The maximum atomic E-state index is 12.3. The Labute approximate surface area is 165 Å². The molecule has 1 aliphatic heterocycles. The van der Waals surface area contributed by atoms with Gasteiger partial charge in [0.05, 0.1) is 29.5 Å². The van der Waals surface area contributed by atoms with E-state index in [2.05, 4.69) is 50.1 Å². The van der Waals surface area contributed by atoms with Crippen LogP contribution in [0.15, 0.2) is 35.4 Å². The molecule has 0 radical (unpaired) electrons. The largest absolute Gasteiger partial charge is 0.333 e. The molecular formula is C21H28N6O. The maximum absolute atomic E-state index is 12.3. The van der Waals surface area contributed by atoms with Gasteiger partial charge in [0.15, 0.2) is 0 Å². The molecule has 1 N–H and O–H groups in total. The van der Waals surface area contributed by atoms with E-state index >= 15 is 0 Å². The first kappa shape index (κ1) is 18.8. The molecule has 0 spiro atoms. The molecule has 148 valence electrons. The van der Waals surface area contributed by atoms with Crippen LogP contribution in [0.4, 0.5) is 0 Å². The molecule has 0 amide bonds. The highest BCUT2D eigenvalue weighted by atomic mass is 16.1. The van der Waals surface area contributed by atoms with E-state index in [1.807, 2.05) is 30.6 Å². The Morgan fingerprint density at radius 3 is 2.61 bits per heavy atom. The fourth-order valence-corrected chi connectivity index (χ4v) is 3.91. The van der Waals surface area contributed by atoms with Gasteiger partial charge in [-0.1, -0.05) is 12.1 Å². The van der Waals surface area contributed by atoms with Gasteiger partial charge in [0.25, 0.3) is 5.56 Å². The summed E-state index contributed by atoms with van der Waals surface area (Å²) in [5.41, 5.74) is 3.06. The summed E-state index contributed by atoms with van der Waals surface area (Å²) in [6.45, 7) is 12.1. The molecule has 2 aromatic heterocycles. The monoisotopic (exact) mass is 380 g/mol. The van der Waals surface area contributed by atoms with Crippen molar-refractivity contribution in [3.63, 3.8) is 0 Å². The van der Waals surface area contributed by atoms with Gasteiger partial charge in [-0.2, -0.15) is 0 Å². The number of aryl methyl sites for hydroxylation is 1. The van der Waals surface area contributed by atoms with Crippen LogP contribution >= 0.6 is 0 Å². The third-order valence-corrected chi connectivity index (χ3v) is 5.87. The van der Waals surface area contributed by atoms with Crippen LogP contribution in [0.1, 0.15) is 24.1 Å². The third kappa shape index (κ3) is 3.86. The number of hydrogen-bond acceptors (Lipinski definition) is 5. The Bertz CT molecular complexity index is 1020. The Kier molecular flexibility index (Phi) is 5.28. The molecule has 4 rings (SSSR count). The minimum Gasteiger partial charge on any atom is -0.333 e. The molecule has 0 bridgehead atoms. The van der Waals surface area contributed by atoms with Crippen molar-refractivity contribution in [3.8, 4) is 0 Å². The number of benzene rings is 1. The molecule has 1 aliphatic rings. The van der Waals surface area contributed by atoms with Crippen LogP contribution in [0.2, 0.25) is 0 Å². The van der Waals surface area contributed by atoms with Gasteiger partial charge in [-0.25, -0.2) is 9.97 Å². The van der Waals surface area contributed by atoms with Gasteiger partial charge < -0.3 is 9.55 Å². The SMILES string of the molecule is Cc1ncn(C[C@H](C)N2CCN(Cc3nc4ccccc4c(=O)[nH]3)CC2)c1C. The van der Waals surface area contributed by atoms with Crippen LogP contribution < -0.4 is 5.56 Å². The van der Waals surface area contributed by atoms with E-state index in [0.717, 1.165) is 49.8 Å². The minimum atomic E-state index is -0.0566. The van der Waals surface area contributed by atoms with Crippen LogP contribution in [0.25, 0.3) is 10.9 Å². The predicted octanol–water partition coefficient (Wildman–Crippen LogP) is 1.94. The Morgan fingerprint density at radius 2 is 1.89 bits per heavy atom. The molecule has 7 heteroatoms. The Hall–Kier alpha value is -2.51. The van der Waals surface area contributed by atoms with Crippen LogP contribution in [0, 0.1) is 13.8 Å². The smallest absolute Gasteiger partial charge is 0.258 e. The average Bonchev–Trinajstić information content (AvgIpc) is 3.01. The van der Waals surface area contributed by atoms with Gasteiger partial charge in [0.1, 0.15) is 5.82 Å². The molecule has 1 saturated heterocycles. The molecular weight excluding hydrogens is 352 g/mol. The molecule has 0 unspecified atom stereocenters. The van der Waals surface area contributed by atoms with E-state index in [0.29, 0.717) is 18.0 Å². The topological polar surface area (TPSA) is 70.1 Å². The number of H-pyrrole nitrogens is 1. The molecule has 3 heterocycles. The lowest BCUT2D eigenvalue weighted by Gasteiger charge is -2.38. The van der Waals surface area contributed by atoms with E-state index in [1.54, 1.807) is 0 Å². The van der Waals surface area contributed by atoms with E-state index in [9.17, 15) is 4.79 Å². The quantitative estimate of drug-likeness (QED) is 0.733. The number of fused-ring (bicyclic) bond motifs is 1. The average molecular weight is 380 g/mol. The summed E-state index contributed by atoms with van der Waals surface area (Å²) >= 11 is 0. The fourth-order valence-electron chi connectivity index (χ4n) is 3.91.